The van der Waals surface area contributed by atoms with Crippen molar-refractivity contribution in [3.05, 3.63) is 77.5 Å². The van der Waals surface area contributed by atoms with E-state index in [1.54, 1.807) is 12.1 Å². The summed E-state index contributed by atoms with van der Waals surface area (Å²) in [6, 6.07) is 19.6. The summed E-state index contributed by atoms with van der Waals surface area (Å²) in [6.07, 6.45) is 0. The Hall–Kier alpha value is -2.71. The molecule has 0 radical (unpaired) electrons. The third-order valence-corrected chi connectivity index (χ3v) is 4.57. The smallest absolute Gasteiger partial charge is 0.173 e. The average molecular weight is 367 g/mol. The van der Waals surface area contributed by atoms with E-state index < -0.39 is 5.23 Å². The largest absolute Gasteiger partial charge is 0.595 e. The number of nitrogens with zero attached hydrogens (tertiary/aromatic N) is 1. The number of nitrogens with two attached hydrogens (primary N) is 1. The molecule has 0 spiro atoms. The Morgan fingerprint density at radius 1 is 1.12 bits per heavy atom. The van der Waals surface area contributed by atoms with Crippen LogP contribution in [0.2, 0.25) is 0 Å². The van der Waals surface area contributed by atoms with Gasteiger partial charge in [0, 0.05) is 23.1 Å². The second-order valence-electron chi connectivity index (χ2n) is 5.55. The van der Waals surface area contributed by atoms with Crippen LogP contribution < -0.4 is 11.0 Å². The van der Waals surface area contributed by atoms with E-state index in [1.807, 2.05) is 42.5 Å². The molecule has 3 aromatic rings. The van der Waals surface area contributed by atoms with Crippen molar-refractivity contribution in [2.75, 3.05) is 5.75 Å². The summed E-state index contributed by atoms with van der Waals surface area (Å²) in [7, 11) is 0. The van der Waals surface area contributed by atoms with Crippen molar-refractivity contribution in [1.29, 1.82) is 0 Å². The lowest BCUT2D eigenvalue weighted by molar-refractivity contribution is -0.991. The predicted molar refractivity (Wildman–Crippen MR) is 104 cm³/mol. The molecule has 0 heterocycles. The molecule has 26 heavy (non-hydrogen) atoms. The van der Waals surface area contributed by atoms with Crippen LogP contribution in [0.25, 0.3) is 10.8 Å². The number of hydrogen-bond acceptors (Lipinski definition) is 5. The molecular formula is C19H17N3O3S. The molecule has 0 aliphatic carbocycles. The molecule has 0 bridgehead atoms. The molecule has 4 N–H and O–H groups in total. The maximum Gasteiger partial charge on any atom is 0.173 e. The number of nitrogens with one attached hydrogen (secondary N) is 1. The van der Waals surface area contributed by atoms with Gasteiger partial charge < -0.3 is 10.9 Å². The highest BCUT2D eigenvalue weighted by Crippen LogP contribution is 2.26. The fourth-order valence-electron chi connectivity index (χ4n) is 2.51. The molecule has 1 atom stereocenters. The van der Waals surface area contributed by atoms with E-state index in [-0.39, 0.29) is 22.4 Å². The topological polar surface area (TPSA) is 103 Å². The first-order valence-corrected chi connectivity index (χ1v) is 8.84. The van der Waals surface area contributed by atoms with Gasteiger partial charge in [-0.1, -0.05) is 60.3 Å². The molecule has 6 nitrogen and oxygen atoms in total. The molecule has 0 aromatic heterocycles. The third-order valence-electron chi connectivity index (χ3n) is 3.78. The van der Waals surface area contributed by atoms with Gasteiger partial charge in [0.1, 0.15) is 0 Å². The second kappa shape index (κ2) is 8.11. The lowest BCUT2D eigenvalue weighted by Gasteiger charge is -2.11. The number of amidine groups is 1. The van der Waals surface area contributed by atoms with Crippen molar-refractivity contribution in [2.45, 2.75) is 0 Å². The standard InChI is InChI=1S/C19H17N3O3S/c20-19(21-17-10-4-6-13-5-1-2-9-16(13)17)26-12-18(23)14-7-3-8-15(11-14)22(24)25/h1-11,22,24H,12H2,(H2,20,21). The van der Waals surface area contributed by atoms with Gasteiger partial charge in [-0.2, -0.15) is 5.23 Å². The van der Waals surface area contributed by atoms with Crippen molar-refractivity contribution < 1.29 is 15.2 Å². The van der Waals surface area contributed by atoms with Gasteiger partial charge >= 0.3 is 0 Å². The summed E-state index contributed by atoms with van der Waals surface area (Å²) in [5, 5.41) is 21.3. The van der Waals surface area contributed by atoms with Crippen molar-refractivity contribution in [3.8, 4) is 0 Å². The zero-order valence-corrected chi connectivity index (χ0v) is 14.6. The van der Waals surface area contributed by atoms with Crippen LogP contribution in [0.15, 0.2) is 71.7 Å². The number of benzene rings is 3. The normalized spacial score (nSPS) is 12.9. The molecule has 0 aliphatic rings. The Bertz CT molecular complexity index is 968. The van der Waals surface area contributed by atoms with E-state index >= 15 is 0 Å². The lowest BCUT2D eigenvalue weighted by atomic mass is 10.1. The fraction of sp³-hybridized carbons (Fsp3) is 0.0526. The number of hydrogen-bond donors (Lipinski definition) is 3. The summed E-state index contributed by atoms with van der Waals surface area (Å²) in [5.74, 6) is -0.113. The van der Waals surface area contributed by atoms with Crippen LogP contribution in [0, 0.1) is 5.21 Å². The zero-order valence-electron chi connectivity index (χ0n) is 13.8. The Kier molecular flexibility index (Phi) is 5.65. The molecule has 132 valence electrons. The summed E-state index contributed by atoms with van der Waals surface area (Å²) < 4.78 is 0. The second-order valence-corrected chi connectivity index (χ2v) is 6.54. The van der Waals surface area contributed by atoms with Gasteiger partial charge in [0.15, 0.2) is 16.6 Å². The maximum absolute atomic E-state index is 12.3. The van der Waals surface area contributed by atoms with E-state index in [9.17, 15) is 10.0 Å². The summed E-state index contributed by atoms with van der Waals surface area (Å²) >= 11 is 1.13. The highest BCUT2D eigenvalue weighted by atomic mass is 32.2. The van der Waals surface area contributed by atoms with Crippen molar-refractivity contribution in [3.63, 3.8) is 0 Å². The summed E-state index contributed by atoms with van der Waals surface area (Å²) in [6.45, 7) is 0. The number of aliphatic imine (C=N–C) groups is 1. The van der Waals surface area contributed by atoms with Crippen LogP contribution >= 0.6 is 11.8 Å². The van der Waals surface area contributed by atoms with E-state index in [1.165, 1.54) is 12.1 Å². The number of thioether (sulfide) groups is 1. The van der Waals surface area contributed by atoms with Crippen molar-refractivity contribution in [2.24, 2.45) is 10.7 Å². The molecule has 1 unspecified atom stereocenters. The van der Waals surface area contributed by atoms with E-state index in [4.69, 9.17) is 10.9 Å². The molecule has 0 amide bonds. The van der Waals surface area contributed by atoms with E-state index in [0.717, 1.165) is 28.2 Å². The van der Waals surface area contributed by atoms with Crippen LogP contribution in [0.3, 0.4) is 0 Å². The van der Waals surface area contributed by atoms with Crippen LogP contribution in [0.1, 0.15) is 10.4 Å². The molecule has 0 saturated heterocycles. The van der Waals surface area contributed by atoms with Crippen LogP contribution in [0.5, 0.6) is 0 Å². The zero-order chi connectivity index (χ0) is 18.5. The lowest BCUT2D eigenvalue weighted by Crippen LogP contribution is -2.99. The van der Waals surface area contributed by atoms with Crippen LogP contribution in [0.4, 0.5) is 11.4 Å². The third kappa shape index (κ3) is 4.27. The highest BCUT2D eigenvalue weighted by molar-refractivity contribution is 8.14. The quantitative estimate of drug-likeness (QED) is 0.278. The van der Waals surface area contributed by atoms with Gasteiger partial charge in [-0.25, -0.2) is 10.2 Å². The van der Waals surface area contributed by atoms with E-state index in [2.05, 4.69) is 4.99 Å². The summed E-state index contributed by atoms with van der Waals surface area (Å²) in [5.41, 5.74) is 7.14. The molecular weight excluding hydrogens is 350 g/mol. The van der Waals surface area contributed by atoms with Gasteiger partial charge in [0.05, 0.1) is 11.4 Å². The van der Waals surface area contributed by atoms with Gasteiger partial charge in [0.2, 0.25) is 0 Å². The molecule has 0 saturated carbocycles. The number of ketones is 1. The Labute approximate surface area is 154 Å². The Morgan fingerprint density at radius 2 is 1.85 bits per heavy atom. The molecule has 3 aromatic carbocycles. The number of carbonyl (C=O) groups is 1. The average Bonchev–Trinajstić information content (AvgIpc) is 2.66. The molecule has 3 rings (SSSR count). The molecule has 0 aliphatic heterocycles. The monoisotopic (exact) mass is 367 g/mol. The predicted octanol–water partition coefficient (Wildman–Crippen LogP) is 2.81. The minimum Gasteiger partial charge on any atom is -0.595 e. The van der Waals surface area contributed by atoms with Gasteiger partial charge in [-0.15, -0.1) is 0 Å². The minimum absolute atomic E-state index is 0.0817. The van der Waals surface area contributed by atoms with Crippen LogP contribution in [-0.4, -0.2) is 21.9 Å². The van der Waals surface area contributed by atoms with Crippen LogP contribution in [-0.2, 0) is 0 Å². The molecule has 7 heteroatoms. The number of carbonyl (C=O) groups excluding carboxylic acids is 1. The van der Waals surface area contributed by atoms with Crippen molar-refractivity contribution >= 4 is 44.9 Å². The van der Waals surface area contributed by atoms with Gasteiger partial charge in [-0.3, -0.25) is 4.79 Å². The first kappa shape index (κ1) is 18.1. The Balaban J connectivity index is 1.72. The van der Waals surface area contributed by atoms with Crippen molar-refractivity contribution in [1.82, 2.24) is 0 Å². The Morgan fingerprint density at radius 3 is 2.65 bits per heavy atom. The maximum atomic E-state index is 12.3. The number of rotatable bonds is 5. The highest BCUT2D eigenvalue weighted by Gasteiger charge is 2.10. The fourth-order valence-corrected chi connectivity index (χ4v) is 3.11. The van der Waals surface area contributed by atoms with E-state index in [0.29, 0.717) is 5.56 Å². The molecule has 0 fully saturated rings. The number of fused-ring (bicyclic) bond motifs is 1. The summed E-state index contributed by atoms with van der Waals surface area (Å²) in [4.78, 5) is 16.7. The van der Waals surface area contributed by atoms with Gasteiger partial charge in [0.25, 0.3) is 0 Å². The SMILES string of the molecule is NC(=Nc1cccc2ccccc12)SCC(=O)c1cccc([NH+]([O-])O)c1. The van der Waals surface area contributed by atoms with Gasteiger partial charge in [-0.05, 0) is 11.5 Å². The number of quaternary nitrogens is 1. The first-order chi connectivity index (χ1) is 12.5. The first-order valence-electron chi connectivity index (χ1n) is 7.86. The minimum atomic E-state index is -1.07. The number of Topliss-reactive ketones (excluding diaryl/α,β-unsaturated/α-hetero) is 1.